The summed E-state index contributed by atoms with van der Waals surface area (Å²) in [5.41, 5.74) is -0.207. The van der Waals surface area contributed by atoms with E-state index in [-0.39, 0.29) is 36.3 Å². The maximum Gasteiger partial charge on any atom is 0.411 e. The van der Waals surface area contributed by atoms with Crippen molar-refractivity contribution in [2.24, 2.45) is 10.3 Å². The summed E-state index contributed by atoms with van der Waals surface area (Å²) in [6.45, 7) is -0.725. The topological polar surface area (TPSA) is 71.0 Å². The molecule has 11 heteroatoms. The summed E-state index contributed by atoms with van der Waals surface area (Å²) in [5, 5.41) is 2.83. The Morgan fingerprint density at radius 2 is 2.00 bits per heavy atom. The molecule has 0 amide bonds. The molecule has 1 saturated heterocycles. The average Bonchev–Trinajstić information content (AvgIpc) is 3.38. The molecule has 142 valence electrons. The Labute approximate surface area is 146 Å². The van der Waals surface area contributed by atoms with Crippen LogP contribution in [0.1, 0.15) is 12.8 Å². The molecule has 6 nitrogen and oxygen atoms in total. The normalized spacial score (nSPS) is 25.3. The second-order valence-corrected chi connectivity index (χ2v) is 8.05. The standard InChI is InChI=1S/C15H15F4N3O3S/c16-9-5-10(22-3-4-25-7-12(22)15(17,18)19)13-11(6-9)26(23,24)21-14(20-13)8-1-2-8/h5-6,8,12H,1-4,7H2,(H,20,21)/t12-/m1/s1. The van der Waals surface area contributed by atoms with Crippen molar-refractivity contribution in [2.45, 2.75) is 30.0 Å². The number of morpholine rings is 1. The van der Waals surface area contributed by atoms with Crippen molar-refractivity contribution in [3.63, 3.8) is 0 Å². The van der Waals surface area contributed by atoms with E-state index in [1.807, 2.05) is 0 Å². The summed E-state index contributed by atoms with van der Waals surface area (Å²) in [5.74, 6) is -0.817. The van der Waals surface area contributed by atoms with Gasteiger partial charge in [0.25, 0.3) is 10.0 Å². The number of nitrogens with one attached hydrogen (secondary N) is 1. The second kappa shape index (κ2) is 5.81. The predicted octanol–water partition coefficient (Wildman–Crippen LogP) is 2.52. The Morgan fingerprint density at radius 3 is 2.65 bits per heavy atom. The van der Waals surface area contributed by atoms with Crippen molar-refractivity contribution < 1.29 is 30.7 Å². The van der Waals surface area contributed by atoms with Gasteiger partial charge in [0, 0.05) is 12.5 Å². The van der Waals surface area contributed by atoms with Gasteiger partial charge in [-0.1, -0.05) is 0 Å². The fraction of sp³-hybridized carbons (Fsp3) is 0.533. The fourth-order valence-electron chi connectivity index (χ4n) is 3.15. The van der Waals surface area contributed by atoms with Gasteiger partial charge in [0.05, 0.1) is 24.6 Å². The zero-order valence-corrected chi connectivity index (χ0v) is 14.2. The lowest BCUT2D eigenvalue weighted by Gasteiger charge is -2.39. The van der Waals surface area contributed by atoms with Gasteiger partial charge >= 0.3 is 6.18 Å². The van der Waals surface area contributed by atoms with Gasteiger partial charge in [-0.15, -0.1) is 4.40 Å². The van der Waals surface area contributed by atoms with E-state index in [0.29, 0.717) is 0 Å². The average molecular weight is 393 g/mol. The maximum atomic E-state index is 14.1. The van der Waals surface area contributed by atoms with Crippen LogP contribution in [-0.2, 0) is 14.8 Å². The van der Waals surface area contributed by atoms with E-state index >= 15 is 0 Å². The first kappa shape index (κ1) is 17.5. The van der Waals surface area contributed by atoms with E-state index in [1.165, 1.54) is 0 Å². The number of sulfonamides is 1. The SMILES string of the molecule is O=S1(=O)N=C(C2CC2)Nc2c(N3CCOC[C@@H]3C(F)(F)F)cc(F)cc21. The van der Waals surface area contributed by atoms with Crippen molar-refractivity contribution in [1.29, 1.82) is 0 Å². The molecular formula is C15H15F4N3O3S. The minimum atomic E-state index is -4.61. The van der Waals surface area contributed by atoms with Gasteiger partial charge in [-0.25, -0.2) is 4.39 Å². The van der Waals surface area contributed by atoms with Crippen LogP contribution in [0, 0.1) is 11.7 Å². The first-order valence-electron chi connectivity index (χ1n) is 8.03. The highest BCUT2D eigenvalue weighted by molar-refractivity contribution is 7.90. The minimum absolute atomic E-state index is 0.0220. The second-order valence-electron chi connectivity index (χ2n) is 6.47. The van der Waals surface area contributed by atoms with Crippen LogP contribution in [0.2, 0.25) is 0 Å². The van der Waals surface area contributed by atoms with Gasteiger partial charge < -0.3 is 15.0 Å². The lowest BCUT2D eigenvalue weighted by Crippen LogP contribution is -2.54. The van der Waals surface area contributed by atoms with Gasteiger partial charge in [0.15, 0.2) is 0 Å². The molecule has 1 atom stereocenters. The third-order valence-electron chi connectivity index (χ3n) is 4.58. The van der Waals surface area contributed by atoms with Crippen LogP contribution in [0.25, 0.3) is 0 Å². The number of nitrogens with zero attached hydrogens (tertiary/aromatic N) is 2. The van der Waals surface area contributed by atoms with Gasteiger partial charge in [-0.2, -0.15) is 21.6 Å². The van der Waals surface area contributed by atoms with Crippen molar-refractivity contribution in [3.05, 3.63) is 17.9 Å². The fourth-order valence-corrected chi connectivity index (χ4v) is 4.38. The lowest BCUT2D eigenvalue weighted by atomic mass is 10.1. The highest BCUT2D eigenvalue weighted by atomic mass is 32.2. The molecule has 0 aromatic heterocycles. The molecule has 1 N–H and O–H groups in total. The maximum absolute atomic E-state index is 14.1. The molecule has 2 fully saturated rings. The Balaban J connectivity index is 1.85. The van der Waals surface area contributed by atoms with Gasteiger partial charge in [0.1, 0.15) is 22.6 Å². The van der Waals surface area contributed by atoms with Crippen molar-refractivity contribution >= 4 is 27.2 Å². The monoisotopic (exact) mass is 393 g/mol. The van der Waals surface area contributed by atoms with Crippen LogP contribution in [0.5, 0.6) is 0 Å². The number of alkyl halides is 3. The summed E-state index contributed by atoms with van der Waals surface area (Å²) in [6, 6.07) is -0.298. The van der Waals surface area contributed by atoms with E-state index in [0.717, 1.165) is 29.9 Å². The summed E-state index contributed by atoms with van der Waals surface area (Å²) in [4.78, 5) is 0.494. The molecule has 1 aromatic rings. The number of hydrogen-bond acceptors (Lipinski definition) is 5. The Kier molecular flexibility index (Phi) is 3.92. The smallest absolute Gasteiger partial charge is 0.377 e. The third-order valence-corrected chi connectivity index (χ3v) is 5.89. The lowest BCUT2D eigenvalue weighted by molar-refractivity contribution is -0.167. The van der Waals surface area contributed by atoms with Crippen LogP contribution < -0.4 is 10.2 Å². The molecule has 1 aliphatic carbocycles. The molecule has 2 heterocycles. The van der Waals surface area contributed by atoms with Crippen LogP contribution in [0.15, 0.2) is 21.4 Å². The largest absolute Gasteiger partial charge is 0.411 e. The molecule has 1 saturated carbocycles. The number of benzene rings is 1. The zero-order valence-electron chi connectivity index (χ0n) is 13.4. The van der Waals surface area contributed by atoms with E-state index in [1.54, 1.807) is 0 Å². The van der Waals surface area contributed by atoms with E-state index < -0.39 is 39.6 Å². The Bertz CT molecular complexity index is 881. The van der Waals surface area contributed by atoms with Crippen molar-refractivity contribution in [1.82, 2.24) is 0 Å². The highest BCUT2D eigenvalue weighted by Crippen LogP contribution is 2.43. The number of rotatable bonds is 2. The number of halogens is 4. The first-order valence-corrected chi connectivity index (χ1v) is 9.47. The van der Waals surface area contributed by atoms with Gasteiger partial charge in [0.2, 0.25) is 0 Å². The molecule has 2 aliphatic heterocycles. The van der Waals surface area contributed by atoms with Gasteiger partial charge in [-0.05, 0) is 25.0 Å². The molecule has 0 bridgehead atoms. The van der Waals surface area contributed by atoms with E-state index in [2.05, 4.69) is 9.71 Å². The van der Waals surface area contributed by atoms with Crippen molar-refractivity contribution in [3.8, 4) is 0 Å². The summed E-state index contributed by atoms with van der Waals surface area (Å²) in [7, 11) is -4.19. The number of anilines is 2. The summed E-state index contributed by atoms with van der Waals surface area (Å²) >= 11 is 0. The van der Waals surface area contributed by atoms with Crippen LogP contribution in [0.4, 0.5) is 28.9 Å². The molecule has 3 aliphatic rings. The molecule has 0 spiro atoms. The first-order chi connectivity index (χ1) is 12.2. The molecule has 0 unspecified atom stereocenters. The van der Waals surface area contributed by atoms with Crippen LogP contribution in [-0.4, -0.2) is 46.2 Å². The molecule has 4 rings (SSSR count). The Hall–Kier alpha value is -1.88. The quantitative estimate of drug-likeness (QED) is 0.782. The zero-order chi connectivity index (χ0) is 18.7. The molecule has 0 radical (unpaired) electrons. The van der Waals surface area contributed by atoms with Gasteiger partial charge in [-0.3, -0.25) is 0 Å². The Morgan fingerprint density at radius 1 is 1.27 bits per heavy atom. The number of ether oxygens (including phenoxy) is 1. The van der Waals surface area contributed by atoms with Crippen LogP contribution in [0.3, 0.4) is 0 Å². The highest BCUT2D eigenvalue weighted by Gasteiger charge is 2.47. The summed E-state index contributed by atoms with van der Waals surface area (Å²) < 4.78 is 87.7. The number of hydrogen-bond donors (Lipinski definition) is 1. The van der Waals surface area contributed by atoms with Crippen LogP contribution >= 0.6 is 0 Å². The third kappa shape index (κ3) is 3.02. The number of amidine groups is 1. The molecular weight excluding hydrogens is 378 g/mol. The number of fused-ring (bicyclic) bond motifs is 1. The minimum Gasteiger partial charge on any atom is -0.377 e. The van der Waals surface area contributed by atoms with E-state index in [9.17, 15) is 26.0 Å². The molecule has 1 aromatic carbocycles. The van der Waals surface area contributed by atoms with Crippen molar-refractivity contribution in [2.75, 3.05) is 30.0 Å². The molecule has 26 heavy (non-hydrogen) atoms. The summed E-state index contributed by atoms with van der Waals surface area (Å²) in [6.07, 6.45) is -3.12. The predicted molar refractivity (Wildman–Crippen MR) is 85.4 cm³/mol. The van der Waals surface area contributed by atoms with E-state index in [4.69, 9.17) is 4.74 Å².